The number of rotatable bonds is 6. The van der Waals surface area contributed by atoms with Crippen LogP contribution in [0.3, 0.4) is 0 Å². The summed E-state index contributed by atoms with van der Waals surface area (Å²) >= 11 is 0. The second-order valence-electron chi connectivity index (χ2n) is 8.14. The quantitative estimate of drug-likeness (QED) is 0.444. The van der Waals surface area contributed by atoms with Gasteiger partial charge in [0.2, 0.25) is 5.91 Å². The molecule has 2 N–H and O–H groups in total. The minimum atomic E-state index is -0.268. The van der Waals surface area contributed by atoms with E-state index in [0.717, 1.165) is 42.4 Å². The van der Waals surface area contributed by atoms with Crippen molar-refractivity contribution in [3.8, 4) is 5.75 Å². The van der Waals surface area contributed by atoms with E-state index in [1.165, 1.54) is 16.8 Å². The summed E-state index contributed by atoms with van der Waals surface area (Å²) < 4.78 is 4.96. The number of nitrogens with zero attached hydrogens (tertiary/aromatic N) is 5. The molecule has 168 valence electrons. The summed E-state index contributed by atoms with van der Waals surface area (Å²) in [6.07, 6.45) is 7.94. The lowest BCUT2D eigenvalue weighted by Gasteiger charge is -2.13. The molecule has 1 aliphatic carbocycles. The summed E-state index contributed by atoms with van der Waals surface area (Å²) in [6.45, 7) is 0.247. The van der Waals surface area contributed by atoms with E-state index in [0.29, 0.717) is 11.4 Å². The van der Waals surface area contributed by atoms with E-state index in [1.54, 1.807) is 22.9 Å². The Balaban J connectivity index is 1.36. The first kappa shape index (κ1) is 20.7. The molecule has 2 heterocycles. The maximum Gasteiger partial charge on any atom is 0.333 e. The molecule has 1 amide bonds. The normalized spacial score (nSPS) is 13.8. The van der Waals surface area contributed by atoms with Crippen LogP contribution in [0.1, 0.15) is 31.4 Å². The fourth-order valence-electron chi connectivity index (χ4n) is 4.21. The molecule has 0 aliphatic heterocycles. The Kier molecular flexibility index (Phi) is 5.52. The zero-order valence-corrected chi connectivity index (χ0v) is 18.0. The highest BCUT2D eigenvalue weighted by Crippen LogP contribution is 2.25. The highest BCUT2D eigenvalue weighted by atomic mass is 16.3. The first-order valence-electron chi connectivity index (χ1n) is 11.0. The summed E-state index contributed by atoms with van der Waals surface area (Å²) in [6, 6.07) is 14.0. The molecule has 0 saturated heterocycles. The van der Waals surface area contributed by atoms with Crippen LogP contribution in [-0.2, 0) is 17.9 Å². The van der Waals surface area contributed by atoms with E-state index in [-0.39, 0.29) is 30.4 Å². The number of aromatic nitrogens is 5. The molecular weight excluding hydrogens is 420 g/mol. The maximum atomic E-state index is 13.4. The standard InChI is InChI=1S/C24H24N6O3/c31-20-12-10-17(11-13-20)25-23(32)16-28-14-18(26-27-28)15-29-21-8-4-5-9-22(21)30(24(29)33)19-6-2-1-3-7-19/h4-6,8-14,31H,1-3,7,15-16H2,(H,25,32). The Hall–Kier alpha value is -4.14. The summed E-state index contributed by atoms with van der Waals surface area (Å²) in [5.41, 5.74) is 3.86. The van der Waals surface area contributed by atoms with Gasteiger partial charge < -0.3 is 10.4 Å². The Morgan fingerprint density at radius 1 is 1.06 bits per heavy atom. The van der Waals surface area contributed by atoms with Gasteiger partial charge in [0.25, 0.3) is 0 Å². The van der Waals surface area contributed by atoms with Gasteiger partial charge in [-0.3, -0.25) is 13.9 Å². The number of amides is 1. The van der Waals surface area contributed by atoms with Gasteiger partial charge in [-0.1, -0.05) is 23.4 Å². The fourth-order valence-corrected chi connectivity index (χ4v) is 4.21. The van der Waals surface area contributed by atoms with Crippen LogP contribution >= 0.6 is 0 Å². The number of carbonyl (C=O) groups excluding carboxylic acids is 1. The number of phenols is 1. The monoisotopic (exact) mass is 444 g/mol. The van der Waals surface area contributed by atoms with Gasteiger partial charge in [0, 0.05) is 11.4 Å². The molecular formula is C24H24N6O3. The van der Waals surface area contributed by atoms with Crippen LogP contribution in [0.2, 0.25) is 0 Å². The summed E-state index contributed by atoms with van der Waals surface area (Å²) in [7, 11) is 0. The maximum absolute atomic E-state index is 13.4. The Morgan fingerprint density at radius 2 is 1.85 bits per heavy atom. The summed E-state index contributed by atoms with van der Waals surface area (Å²) in [5, 5.41) is 20.3. The highest BCUT2D eigenvalue weighted by molar-refractivity contribution is 5.90. The molecule has 5 rings (SSSR count). The van der Waals surface area contributed by atoms with E-state index < -0.39 is 0 Å². The van der Waals surface area contributed by atoms with Gasteiger partial charge in [0.15, 0.2) is 0 Å². The number of phenolic OH excluding ortho intramolecular Hbond substituents is 1. The van der Waals surface area contributed by atoms with Crippen LogP contribution in [0, 0.1) is 0 Å². The van der Waals surface area contributed by atoms with E-state index in [9.17, 15) is 14.7 Å². The van der Waals surface area contributed by atoms with E-state index in [2.05, 4.69) is 21.7 Å². The van der Waals surface area contributed by atoms with Crippen molar-refractivity contribution in [2.45, 2.75) is 38.8 Å². The predicted octanol–water partition coefficient (Wildman–Crippen LogP) is 3.20. The number of hydrogen-bond acceptors (Lipinski definition) is 5. The predicted molar refractivity (Wildman–Crippen MR) is 125 cm³/mol. The van der Waals surface area contributed by atoms with Crippen molar-refractivity contribution in [3.05, 3.63) is 77.0 Å². The molecule has 2 aromatic heterocycles. The van der Waals surface area contributed by atoms with E-state index in [1.807, 2.05) is 28.8 Å². The Morgan fingerprint density at radius 3 is 2.61 bits per heavy atom. The van der Waals surface area contributed by atoms with Crippen molar-refractivity contribution < 1.29 is 9.90 Å². The average Bonchev–Trinajstić information content (AvgIpc) is 3.38. The smallest absolute Gasteiger partial charge is 0.333 e. The van der Waals surface area contributed by atoms with Gasteiger partial charge in [-0.2, -0.15) is 0 Å². The molecule has 0 spiro atoms. The molecule has 0 saturated carbocycles. The summed E-state index contributed by atoms with van der Waals surface area (Å²) in [5.74, 6) is -0.138. The highest BCUT2D eigenvalue weighted by Gasteiger charge is 2.18. The molecule has 0 bridgehead atoms. The molecule has 0 radical (unpaired) electrons. The zero-order valence-electron chi connectivity index (χ0n) is 18.0. The lowest BCUT2D eigenvalue weighted by atomic mass is 10.0. The van der Waals surface area contributed by atoms with Crippen LogP contribution in [0.25, 0.3) is 16.7 Å². The first-order chi connectivity index (χ1) is 16.1. The van der Waals surface area contributed by atoms with Crippen LogP contribution in [0.15, 0.2) is 65.6 Å². The SMILES string of the molecule is O=C(Cn1cc(Cn2c(=O)n(C3=CCCCC3)c3ccccc32)nn1)Nc1ccc(O)cc1. The van der Waals surface area contributed by atoms with Gasteiger partial charge in [-0.15, -0.1) is 5.10 Å². The van der Waals surface area contributed by atoms with Gasteiger partial charge in [-0.25, -0.2) is 9.48 Å². The van der Waals surface area contributed by atoms with Crippen molar-refractivity contribution in [2.24, 2.45) is 0 Å². The molecule has 9 nitrogen and oxygen atoms in total. The van der Waals surface area contributed by atoms with Crippen LogP contribution in [0.4, 0.5) is 5.69 Å². The van der Waals surface area contributed by atoms with Crippen LogP contribution in [0.5, 0.6) is 5.75 Å². The van der Waals surface area contributed by atoms with Crippen molar-refractivity contribution >= 4 is 28.3 Å². The molecule has 0 atom stereocenters. The Bertz CT molecular complexity index is 1390. The molecule has 0 unspecified atom stereocenters. The largest absolute Gasteiger partial charge is 0.508 e. The lowest BCUT2D eigenvalue weighted by Crippen LogP contribution is -2.25. The first-order valence-corrected chi connectivity index (χ1v) is 11.0. The van der Waals surface area contributed by atoms with Gasteiger partial charge >= 0.3 is 5.69 Å². The zero-order chi connectivity index (χ0) is 22.8. The third-order valence-corrected chi connectivity index (χ3v) is 5.75. The van der Waals surface area contributed by atoms with Crippen molar-refractivity contribution in [1.29, 1.82) is 0 Å². The van der Waals surface area contributed by atoms with Crippen molar-refractivity contribution in [2.75, 3.05) is 5.32 Å². The van der Waals surface area contributed by atoms with Gasteiger partial charge in [0.1, 0.15) is 18.0 Å². The average molecular weight is 444 g/mol. The fraction of sp³-hybridized carbons (Fsp3) is 0.250. The number of anilines is 1. The topological polar surface area (TPSA) is 107 Å². The minimum Gasteiger partial charge on any atom is -0.508 e. The van der Waals surface area contributed by atoms with E-state index in [4.69, 9.17) is 0 Å². The van der Waals surface area contributed by atoms with Crippen LogP contribution in [-0.4, -0.2) is 35.1 Å². The number of fused-ring (bicyclic) bond motifs is 1. The lowest BCUT2D eigenvalue weighted by molar-refractivity contribution is -0.116. The third kappa shape index (κ3) is 4.30. The number of benzene rings is 2. The molecule has 0 fully saturated rings. The number of carbonyl (C=O) groups is 1. The number of aromatic hydroxyl groups is 1. The number of para-hydroxylation sites is 2. The molecule has 33 heavy (non-hydrogen) atoms. The van der Waals surface area contributed by atoms with Crippen molar-refractivity contribution in [3.63, 3.8) is 0 Å². The van der Waals surface area contributed by atoms with Gasteiger partial charge in [-0.05, 0) is 62.1 Å². The number of allylic oxidation sites excluding steroid dienone is 2. The second kappa shape index (κ2) is 8.78. The molecule has 9 heteroatoms. The Labute approximate surface area is 189 Å². The number of hydrogen-bond donors (Lipinski definition) is 2. The van der Waals surface area contributed by atoms with Gasteiger partial charge in [0.05, 0.1) is 23.8 Å². The number of imidazole rings is 1. The molecule has 1 aliphatic rings. The minimum absolute atomic E-state index is 0.0164. The molecule has 2 aromatic carbocycles. The number of nitrogens with one attached hydrogen (secondary N) is 1. The molecule has 4 aromatic rings. The third-order valence-electron chi connectivity index (χ3n) is 5.75. The van der Waals surface area contributed by atoms with E-state index >= 15 is 0 Å². The second-order valence-corrected chi connectivity index (χ2v) is 8.14. The van der Waals surface area contributed by atoms with Crippen molar-refractivity contribution in [1.82, 2.24) is 24.1 Å². The summed E-state index contributed by atoms with van der Waals surface area (Å²) in [4.78, 5) is 25.7. The van der Waals surface area contributed by atoms with Crippen LogP contribution < -0.4 is 11.0 Å².